The largest absolute Gasteiger partial charge is 0.411 e. The molecule has 1 heterocycles. The zero-order valence-electron chi connectivity index (χ0n) is 9.89. The van der Waals surface area contributed by atoms with Crippen LogP contribution in [-0.4, -0.2) is 35.4 Å². The average molecular weight is 263 g/mol. The number of aromatic amines is 1. The molecule has 0 aromatic carbocycles. The molecule has 3 N–H and O–H groups in total. The van der Waals surface area contributed by atoms with Crippen molar-refractivity contribution in [2.45, 2.75) is 37.9 Å². The standard InChI is InChI=1S/C11H16F3N3O/c12-11(13,14)6-18-4-3-10-16-8-2-1-7(15)5-9(8)17-10/h7H,1-6,15H2,(H,16,17). The Balaban J connectivity index is 1.80. The molecule has 0 aliphatic heterocycles. The van der Waals surface area contributed by atoms with Gasteiger partial charge in [0.2, 0.25) is 0 Å². The summed E-state index contributed by atoms with van der Waals surface area (Å²) < 4.78 is 40.1. The third kappa shape index (κ3) is 3.71. The first-order chi connectivity index (χ1) is 8.44. The number of imidazole rings is 1. The van der Waals surface area contributed by atoms with E-state index in [1.807, 2.05) is 0 Å². The Hall–Kier alpha value is -1.08. The third-order valence-electron chi connectivity index (χ3n) is 2.88. The molecule has 1 unspecified atom stereocenters. The Labute approximate surface area is 103 Å². The van der Waals surface area contributed by atoms with Crippen LogP contribution in [0.25, 0.3) is 0 Å². The second kappa shape index (κ2) is 5.27. The molecule has 18 heavy (non-hydrogen) atoms. The quantitative estimate of drug-likeness (QED) is 0.806. The van der Waals surface area contributed by atoms with Crippen molar-refractivity contribution in [1.82, 2.24) is 9.97 Å². The molecule has 0 radical (unpaired) electrons. The number of ether oxygens (including phenoxy) is 1. The Kier molecular flexibility index (Phi) is 3.91. The van der Waals surface area contributed by atoms with E-state index in [0.29, 0.717) is 12.2 Å². The maximum absolute atomic E-state index is 11.8. The fraction of sp³-hybridized carbons (Fsp3) is 0.727. The van der Waals surface area contributed by atoms with Crippen molar-refractivity contribution in [2.75, 3.05) is 13.2 Å². The van der Waals surface area contributed by atoms with Crippen LogP contribution >= 0.6 is 0 Å². The van der Waals surface area contributed by atoms with Gasteiger partial charge in [-0.25, -0.2) is 4.98 Å². The highest BCUT2D eigenvalue weighted by atomic mass is 19.4. The molecule has 4 nitrogen and oxygen atoms in total. The minimum Gasteiger partial charge on any atom is -0.372 e. The average Bonchev–Trinajstić information content (AvgIpc) is 2.65. The van der Waals surface area contributed by atoms with Crippen LogP contribution in [0.3, 0.4) is 0 Å². The molecular weight excluding hydrogens is 247 g/mol. The first kappa shape index (κ1) is 13.4. The second-order valence-electron chi connectivity index (χ2n) is 4.53. The van der Waals surface area contributed by atoms with Gasteiger partial charge in [-0.3, -0.25) is 0 Å². The van der Waals surface area contributed by atoms with Crippen molar-refractivity contribution in [1.29, 1.82) is 0 Å². The Morgan fingerprint density at radius 1 is 1.44 bits per heavy atom. The molecule has 2 rings (SSSR count). The lowest BCUT2D eigenvalue weighted by atomic mass is 9.97. The summed E-state index contributed by atoms with van der Waals surface area (Å²) in [5.41, 5.74) is 7.83. The number of hydrogen-bond donors (Lipinski definition) is 2. The van der Waals surface area contributed by atoms with Crippen LogP contribution in [0.4, 0.5) is 13.2 Å². The number of nitrogens with zero attached hydrogens (tertiary/aromatic N) is 1. The number of aromatic nitrogens is 2. The number of H-pyrrole nitrogens is 1. The van der Waals surface area contributed by atoms with Crippen molar-refractivity contribution in [3.05, 3.63) is 17.2 Å². The molecule has 0 saturated carbocycles. The summed E-state index contributed by atoms with van der Waals surface area (Å²) in [5, 5.41) is 0. The van der Waals surface area contributed by atoms with Crippen molar-refractivity contribution in [3.8, 4) is 0 Å². The van der Waals surface area contributed by atoms with Crippen LogP contribution in [0.1, 0.15) is 23.6 Å². The summed E-state index contributed by atoms with van der Waals surface area (Å²) >= 11 is 0. The number of aryl methyl sites for hydroxylation is 1. The maximum atomic E-state index is 11.8. The Bertz CT molecular complexity index is 403. The van der Waals surface area contributed by atoms with Crippen molar-refractivity contribution < 1.29 is 17.9 Å². The normalized spacial score (nSPS) is 19.9. The van der Waals surface area contributed by atoms with Crippen LogP contribution in [0.2, 0.25) is 0 Å². The predicted molar refractivity (Wildman–Crippen MR) is 59.2 cm³/mol. The van der Waals surface area contributed by atoms with E-state index < -0.39 is 12.8 Å². The number of halogens is 3. The summed E-state index contributed by atoms with van der Waals surface area (Å²) in [4.78, 5) is 7.46. The van der Waals surface area contributed by atoms with Gasteiger partial charge in [-0.05, 0) is 12.8 Å². The highest BCUT2D eigenvalue weighted by Crippen LogP contribution is 2.18. The zero-order valence-corrected chi connectivity index (χ0v) is 9.89. The Morgan fingerprint density at radius 3 is 2.94 bits per heavy atom. The van der Waals surface area contributed by atoms with Crippen molar-refractivity contribution in [3.63, 3.8) is 0 Å². The first-order valence-corrected chi connectivity index (χ1v) is 5.91. The minimum absolute atomic E-state index is 0.0119. The molecule has 1 aromatic rings. The van der Waals surface area contributed by atoms with Gasteiger partial charge in [-0.2, -0.15) is 13.2 Å². The fourth-order valence-electron chi connectivity index (χ4n) is 2.04. The minimum atomic E-state index is -4.27. The topological polar surface area (TPSA) is 63.9 Å². The van der Waals surface area contributed by atoms with E-state index >= 15 is 0 Å². The smallest absolute Gasteiger partial charge is 0.372 e. The van der Waals surface area contributed by atoms with E-state index in [0.717, 1.165) is 30.7 Å². The van der Waals surface area contributed by atoms with E-state index in [1.165, 1.54) is 0 Å². The van der Waals surface area contributed by atoms with Crippen LogP contribution in [0.5, 0.6) is 0 Å². The first-order valence-electron chi connectivity index (χ1n) is 5.91. The highest BCUT2D eigenvalue weighted by Gasteiger charge is 2.27. The van der Waals surface area contributed by atoms with Gasteiger partial charge in [0.1, 0.15) is 12.4 Å². The van der Waals surface area contributed by atoms with Crippen LogP contribution in [0, 0.1) is 0 Å². The summed E-state index contributed by atoms with van der Waals surface area (Å²) in [6, 6.07) is 0.146. The monoisotopic (exact) mass is 263 g/mol. The molecular formula is C11H16F3N3O. The molecule has 102 valence electrons. The number of nitrogens with two attached hydrogens (primary N) is 1. The van der Waals surface area contributed by atoms with Gasteiger partial charge in [-0.15, -0.1) is 0 Å². The van der Waals surface area contributed by atoms with Gasteiger partial charge in [-0.1, -0.05) is 0 Å². The van der Waals surface area contributed by atoms with E-state index in [4.69, 9.17) is 5.73 Å². The summed E-state index contributed by atoms with van der Waals surface area (Å²) in [7, 11) is 0. The number of rotatable bonds is 4. The van der Waals surface area contributed by atoms with Crippen molar-refractivity contribution >= 4 is 0 Å². The van der Waals surface area contributed by atoms with Gasteiger partial charge in [0.25, 0.3) is 0 Å². The number of nitrogens with one attached hydrogen (secondary N) is 1. The predicted octanol–water partition coefficient (Wildman–Crippen LogP) is 1.35. The van der Waals surface area contributed by atoms with Crippen LogP contribution < -0.4 is 5.73 Å². The van der Waals surface area contributed by atoms with Gasteiger partial charge < -0.3 is 15.5 Å². The van der Waals surface area contributed by atoms with E-state index in [2.05, 4.69) is 14.7 Å². The molecule has 0 bridgehead atoms. The SMILES string of the molecule is NC1CCc2nc(CCOCC(F)(F)F)[nH]c2C1. The maximum Gasteiger partial charge on any atom is 0.411 e. The molecule has 7 heteroatoms. The summed E-state index contributed by atoms with van der Waals surface area (Å²) in [6.45, 7) is -1.20. The number of alkyl halides is 3. The molecule has 1 aromatic heterocycles. The molecule has 1 aliphatic rings. The van der Waals surface area contributed by atoms with Gasteiger partial charge in [0.05, 0.1) is 12.3 Å². The molecule has 0 spiro atoms. The lowest BCUT2D eigenvalue weighted by Crippen LogP contribution is -2.27. The number of fused-ring (bicyclic) bond motifs is 1. The highest BCUT2D eigenvalue weighted by molar-refractivity contribution is 5.19. The van der Waals surface area contributed by atoms with Gasteiger partial charge in [0.15, 0.2) is 0 Å². The number of hydrogen-bond acceptors (Lipinski definition) is 3. The molecule has 0 saturated heterocycles. The third-order valence-corrected chi connectivity index (χ3v) is 2.88. The molecule has 0 fully saturated rings. The molecule has 0 amide bonds. The van der Waals surface area contributed by atoms with Crippen LogP contribution in [0.15, 0.2) is 0 Å². The van der Waals surface area contributed by atoms with Gasteiger partial charge >= 0.3 is 6.18 Å². The molecule has 1 aliphatic carbocycles. The van der Waals surface area contributed by atoms with Gasteiger partial charge in [0, 0.05) is 24.6 Å². The van der Waals surface area contributed by atoms with E-state index in [-0.39, 0.29) is 12.6 Å². The molecule has 1 atom stereocenters. The lowest BCUT2D eigenvalue weighted by molar-refractivity contribution is -0.173. The van der Waals surface area contributed by atoms with Crippen LogP contribution in [-0.2, 0) is 24.0 Å². The lowest BCUT2D eigenvalue weighted by Gasteiger charge is -2.16. The fourth-order valence-corrected chi connectivity index (χ4v) is 2.04. The van der Waals surface area contributed by atoms with E-state index in [9.17, 15) is 13.2 Å². The van der Waals surface area contributed by atoms with Crippen molar-refractivity contribution in [2.24, 2.45) is 5.73 Å². The summed E-state index contributed by atoms with van der Waals surface area (Å²) in [5.74, 6) is 0.677. The Morgan fingerprint density at radius 2 is 2.22 bits per heavy atom. The second-order valence-corrected chi connectivity index (χ2v) is 4.53. The zero-order chi connectivity index (χ0) is 13.2. The van der Waals surface area contributed by atoms with E-state index in [1.54, 1.807) is 0 Å². The summed E-state index contributed by atoms with van der Waals surface area (Å²) in [6.07, 6.45) is -1.42.